The first-order valence-corrected chi connectivity index (χ1v) is 9.62. The highest BCUT2D eigenvalue weighted by molar-refractivity contribution is 4.79. The first kappa shape index (κ1) is 26.7. The Bertz CT molecular complexity index is 416. The smallest absolute Gasteiger partial charge is 0.0560 e. The van der Waals surface area contributed by atoms with Crippen molar-refractivity contribution in [2.24, 2.45) is 34.9 Å². The second-order valence-corrected chi connectivity index (χ2v) is 7.05. The highest BCUT2D eigenvalue weighted by Crippen LogP contribution is 2.04. The van der Waals surface area contributed by atoms with Crippen LogP contribution in [0.3, 0.4) is 0 Å². The van der Waals surface area contributed by atoms with Crippen LogP contribution in [0.1, 0.15) is 54.4 Å². The fraction of sp³-hybridized carbons (Fsp3) is 0.737. The molecule has 1 aromatic heterocycles. The summed E-state index contributed by atoms with van der Waals surface area (Å²) in [5.74, 6) is 6.82. The molecule has 0 aromatic carbocycles. The molecule has 0 bridgehead atoms. The molecular weight excluding hydrogens is 326 g/mol. The summed E-state index contributed by atoms with van der Waals surface area (Å²) in [6.07, 6.45) is 8.77. The topological polar surface area (TPSA) is 125 Å². The first-order valence-electron chi connectivity index (χ1n) is 9.62. The molecule has 7 heteroatoms. The molecule has 0 radical (unpaired) electrons. The maximum atomic E-state index is 5.90. The molecular formula is C19H43N7. The van der Waals surface area contributed by atoms with Gasteiger partial charge in [-0.3, -0.25) is 4.68 Å². The molecule has 0 aliphatic rings. The Morgan fingerprint density at radius 2 is 1.58 bits per heavy atom. The average molecular weight is 370 g/mol. The molecule has 0 unspecified atom stereocenters. The van der Waals surface area contributed by atoms with E-state index in [1.54, 1.807) is 12.4 Å². The van der Waals surface area contributed by atoms with Crippen molar-refractivity contribution in [3.8, 4) is 0 Å². The number of nitrogens with two attached hydrogens (primary N) is 4. The molecule has 0 fully saturated rings. The Labute approximate surface area is 160 Å². The molecule has 0 spiro atoms. The van der Waals surface area contributed by atoms with Crippen LogP contribution in [0.2, 0.25) is 0 Å². The second kappa shape index (κ2) is 16.9. The lowest BCUT2D eigenvalue weighted by atomic mass is 10.0. The van der Waals surface area contributed by atoms with Gasteiger partial charge in [0, 0.05) is 43.4 Å². The van der Waals surface area contributed by atoms with Crippen molar-refractivity contribution in [1.82, 2.24) is 14.8 Å². The molecule has 1 heterocycles. The molecule has 26 heavy (non-hydrogen) atoms. The summed E-state index contributed by atoms with van der Waals surface area (Å²) in [7, 11) is 0. The lowest BCUT2D eigenvalue weighted by Crippen LogP contribution is -2.39. The number of hydrogen-bond donors (Lipinski definition) is 4. The standard InChI is InChI=1S/C9H17N3.C8H20N4.C2H6/c1-8(2)6-9(10)7-12-5-3-4-11-12;1-7(2)5-8(10)6-12(11)4-3-9;1-2/h3-5,8-9H,6-7,10H2,1-2H3;3-4,7-8H,5-6,9-11H2,1-2H3;1-2H3/b;4-3-;/t9-;8-;/m00./s1. The van der Waals surface area contributed by atoms with Crippen molar-refractivity contribution in [1.29, 1.82) is 0 Å². The molecule has 2 atom stereocenters. The van der Waals surface area contributed by atoms with Crippen LogP contribution in [-0.4, -0.2) is 33.4 Å². The minimum Gasteiger partial charge on any atom is -0.403 e. The fourth-order valence-electron chi connectivity index (χ4n) is 2.45. The highest BCUT2D eigenvalue weighted by atomic mass is 15.4. The SMILES string of the molecule is CC.CC(C)C[C@H](N)CN(N)/C=C\N.CC(C)C[C@H](N)Cn1cccn1. The van der Waals surface area contributed by atoms with E-state index in [1.807, 2.05) is 30.8 Å². The van der Waals surface area contributed by atoms with E-state index < -0.39 is 0 Å². The summed E-state index contributed by atoms with van der Waals surface area (Å²) in [5.41, 5.74) is 16.9. The third kappa shape index (κ3) is 17.3. The van der Waals surface area contributed by atoms with Crippen LogP contribution in [0.15, 0.2) is 30.9 Å². The molecule has 0 saturated heterocycles. The zero-order chi connectivity index (χ0) is 20.5. The number of nitrogens with zero attached hydrogens (tertiary/aromatic N) is 3. The lowest BCUT2D eigenvalue weighted by Gasteiger charge is -2.20. The summed E-state index contributed by atoms with van der Waals surface area (Å²) in [5, 5.41) is 5.61. The maximum Gasteiger partial charge on any atom is 0.0560 e. The second-order valence-electron chi connectivity index (χ2n) is 7.05. The van der Waals surface area contributed by atoms with Gasteiger partial charge in [0.25, 0.3) is 0 Å². The van der Waals surface area contributed by atoms with Gasteiger partial charge in [-0.1, -0.05) is 41.5 Å². The van der Waals surface area contributed by atoms with Gasteiger partial charge < -0.3 is 22.2 Å². The summed E-state index contributed by atoms with van der Waals surface area (Å²) in [4.78, 5) is 0. The van der Waals surface area contributed by atoms with Crippen LogP contribution in [0.25, 0.3) is 0 Å². The van der Waals surface area contributed by atoms with Crippen molar-refractivity contribution in [3.05, 3.63) is 30.9 Å². The monoisotopic (exact) mass is 369 g/mol. The Balaban J connectivity index is 0. The molecule has 0 saturated carbocycles. The predicted molar refractivity (Wildman–Crippen MR) is 113 cm³/mol. The van der Waals surface area contributed by atoms with E-state index in [-0.39, 0.29) is 12.1 Å². The van der Waals surface area contributed by atoms with Crippen molar-refractivity contribution < 1.29 is 0 Å². The first-order chi connectivity index (χ1) is 12.2. The Morgan fingerprint density at radius 3 is 2.00 bits per heavy atom. The largest absolute Gasteiger partial charge is 0.403 e. The van der Waals surface area contributed by atoms with Gasteiger partial charge in [0.15, 0.2) is 0 Å². The van der Waals surface area contributed by atoms with Gasteiger partial charge in [0.2, 0.25) is 0 Å². The molecule has 154 valence electrons. The Morgan fingerprint density at radius 1 is 1.04 bits per heavy atom. The molecule has 1 aromatic rings. The van der Waals surface area contributed by atoms with Gasteiger partial charge >= 0.3 is 0 Å². The molecule has 0 aliphatic carbocycles. The quantitative estimate of drug-likeness (QED) is 0.391. The molecule has 0 aliphatic heterocycles. The Kier molecular flexibility index (Phi) is 17.3. The Hall–Kier alpha value is -1.57. The summed E-state index contributed by atoms with van der Waals surface area (Å²) in [6.45, 7) is 14.1. The van der Waals surface area contributed by atoms with Gasteiger partial charge in [-0.25, -0.2) is 5.84 Å². The maximum absolute atomic E-state index is 5.90. The number of aromatic nitrogens is 2. The van der Waals surface area contributed by atoms with Crippen molar-refractivity contribution in [3.63, 3.8) is 0 Å². The van der Waals surface area contributed by atoms with E-state index in [9.17, 15) is 0 Å². The van der Waals surface area contributed by atoms with Gasteiger partial charge in [-0.15, -0.1) is 0 Å². The van der Waals surface area contributed by atoms with Crippen LogP contribution >= 0.6 is 0 Å². The van der Waals surface area contributed by atoms with E-state index in [0.29, 0.717) is 18.4 Å². The zero-order valence-electron chi connectivity index (χ0n) is 17.7. The van der Waals surface area contributed by atoms with Crippen LogP contribution in [0, 0.1) is 11.8 Å². The van der Waals surface area contributed by atoms with Crippen LogP contribution < -0.4 is 23.0 Å². The number of rotatable bonds is 9. The van der Waals surface area contributed by atoms with Crippen LogP contribution in [-0.2, 0) is 6.54 Å². The zero-order valence-corrected chi connectivity index (χ0v) is 17.7. The minimum absolute atomic E-state index is 0.117. The van der Waals surface area contributed by atoms with Crippen LogP contribution in [0.4, 0.5) is 0 Å². The van der Waals surface area contributed by atoms with Crippen molar-refractivity contribution in [2.45, 2.75) is 73.0 Å². The van der Waals surface area contributed by atoms with E-state index in [0.717, 1.165) is 19.4 Å². The number of hydrogen-bond acceptors (Lipinski definition) is 6. The lowest BCUT2D eigenvalue weighted by molar-refractivity contribution is 0.334. The molecule has 1 rings (SSSR count). The van der Waals surface area contributed by atoms with Gasteiger partial charge in [-0.05, 0) is 30.7 Å². The van der Waals surface area contributed by atoms with E-state index in [4.69, 9.17) is 23.0 Å². The molecule has 0 amide bonds. The van der Waals surface area contributed by atoms with E-state index >= 15 is 0 Å². The van der Waals surface area contributed by atoms with Gasteiger partial charge in [-0.2, -0.15) is 5.10 Å². The van der Waals surface area contributed by atoms with Crippen molar-refractivity contribution in [2.75, 3.05) is 6.54 Å². The average Bonchev–Trinajstić information content (AvgIpc) is 3.01. The summed E-state index contributed by atoms with van der Waals surface area (Å²) >= 11 is 0. The molecule has 7 nitrogen and oxygen atoms in total. The fourth-order valence-corrected chi connectivity index (χ4v) is 2.45. The third-order valence-corrected chi connectivity index (χ3v) is 3.25. The van der Waals surface area contributed by atoms with E-state index in [2.05, 4.69) is 32.8 Å². The highest BCUT2D eigenvalue weighted by Gasteiger charge is 2.07. The summed E-state index contributed by atoms with van der Waals surface area (Å²) in [6, 6.07) is 2.26. The van der Waals surface area contributed by atoms with E-state index in [1.165, 1.54) is 11.2 Å². The molecule has 8 N–H and O–H groups in total. The normalized spacial score (nSPS) is 13.0. The third-order valence-electron chi connectivity index (χ3n) is 3.25. The number of hydrazine groups is 1. The van der Waals surface area contributed by atoms with Crippen LogP contribution in [0.5, 0.6) is 0 Å². The van der Waals surface area contributed by atoms with Crippen molar-refractivity contribution >= 4 is 0 Å². The predicted octanol–water partition coefficient (Wildman–Crippen LogP) is 2.25. The summed E-state index contributed by atoms with van der Waals surface area (Å²) < 4.78 is 1.88. The van der Waals surface area contributed by atoms with Gasteiger partial charge in [0.05, 0.1) is 6.54 Å². The minimum atomic E-state index is 0.117. The van der Waals surface area contributed by atoms with Gasteiger partial charge in [0.1, 0.15) is 0 Å².